The van der Waals surface area contributed by atoms with Gasteiger partial charge in [-0.25, -0.2) is 4.39 Å². The Hall–Kier alpha value is -1.40. The summed E-state index contributed by atoms with van der Waals surface area (Å²) in [4.78, 5) is 2.03. The number of azide groups is 1. The van der Waals surface area contributed by atoms with E-state index in [9.17, 15) is 17.6 Å². The minimum absolute atomic E-state index is 0.295. The molecular weight excluding hydrogens is 234 g/mol. The number of benzene rings is 1. The highest BCUT2D eigenvalue weighted by Gasteiger charge is 2.29. The van der Waals surface area contributed by atoms with Gasteiger partial charge >= 0.3 is 5.51 Å². The van der Waals surface area contributed by atoms with Gasteiger partial charge in [0.05, 0.1) is 5.69 Å². The molecule has 80 valence electrons. The summed E-state index contributed by atoms with van der Waals surface area (Å²) in [6, 6.07) is 2.69. The third kappa shape index (κ3) is 3.69. The van der Waals surface area contributed by atoms with Gasteiger partial charge in [0.2, 0.25) is 0 Å². The quantitative estimate of drug-likeness (QED) is 0.247. The van der Waals surface area contributed by atoms with Gasteiger partial charge in [-0.2, -0.15) is 13.2 Å². The topological polar surface area (TPSA) is 48.8 Å². The molecule has 0 aromatic heterocycles. The maximum absolute atomic E-state index is 13.0. The van der Waals surface area contributed by atoms with Crippen molar-refractivity contribution in [1.82, 2.24) is 0 Å². The van der Waals surface area contributed by atoms with Gasteiger partial charge in [0.1, 0.15) is 5.82 Å². The first-order chi connectivity index (χ1) is 6.92. The van der Waals surface area contributed by atoms with E-state index in [4.69, 9.17) is 5.53 Å². The second kappa shape index (κ2) is 4.41. The minimum Gasteiger partial charge on any atom is -0.206 e. The largest absolute Gasteiger partial charge is 0.446 e. The number of halogens is 4. The molecule has 1 aromatic carbocycles. The van der Waals surface area contributed by atoms with Gasteiger partial charge in [0, 0.05) is 9.81 Å². The summed E-state index contributed by atoms with van der Waals surface area (Å²) < 4.78 is 48.6. The van der Waals surface area contributed by atoms with Crippen molar-refractivity contribution < 1.29 is 17.6 Å². The normalized spacial score (nSPS) is 10.9. The summed E-state index contributed by atoms with van der Waals surface area (Å²) in [5.74, 6) is -0.984. The van der Waals surface area contributed by atoms with Crippen LogP contribution in [0, 0.1) is 5.82 Å². The molecule has 1 aromatic rings. The van der Waals surface area contributed by atoms with E-state index in [2.05, 4.69) is 10.0 Å². The lowest BCUT2D eigenvalue weighted by Crippen LogP contribution is -1.98. The Labute approximate surface area is 85.7 Å². The van der Waals surface area contributed by atoms with Crippen molar-refractivity contribution in [1.29, 1.82) is 0 Å². The van der Waals surface area contributed by atoms with Crippen LogP contribution in [-0.4, -0.2) is 5.51 Å². The molecule has 0 unspecified atom stereocenters. The molecule has 0 N–H and O–H groups in total. The van der Waals surface area contributed by atoms with E-state index in [0.29, 0.717) is 6.07 Å². The van der Waals surface area contributed by atoms with Crippen LogP contribution >= 0.6 is 11.8 Å². The van der Waals surface area contributed by atoms with Gasteiger partial charge in [-0.05, 0) is 35.5 Å². The second-order valence-electron chi connectivity index (χ2n) is 2.35. The van der Waals surface area contributed by atoms with Crippen molar-refractivity contribution >= 4 is 17.4 Å². The Bertz CT molecular complexity index is 411. The lowest BCUT2D eigenvalue weighted by atomic mass is 10.3. The van der Waals surface area contributed by atoms with E-state index in [0.717, 1.165) is 12.1 Å². The third-order valence-corrected chi connectivity index (χ3v) is 2.03. The van der Waals surface area contributed by atoms with Gasteiger partial charge < -0.3 is 0 Å². The molecular formula is C7H3F4N3S. The summed E-state index contributed by atoms with van der Waals surface area (Å²) in [5.41, 5.74) is 3.21. The molecule has 0 aliphatic carbocycles. The summed E-state index contributed by atoms with van der Waals surface area (Å²) in [5, 5.41) is 2.96. The zero-order valence-electron chi connectivity index (χ0n) is 6.99. The van der Waals surface area contributed by atoms with Gasteiger partial charge in [0.15, 0.2) is 0 Å². The Morgan fingerprint density at radius 3 is 2.47 bits per heavy atom. The number of thioether (sulfide) groups is 1. The monoisotopic (exact) mass is 237 g/mol. The maximum Gasteiger partial charge on any atom is 0.446 e. The molecule has 0 aliphatic heterocycles. The lowest BCUT2D eigenvalue weighted by molar-refractivity contribution is -0.0328. The fourth-order valence-corrected chi connectivity index (χ4v) is 1.38. The zero-order chi connectivity index (χ0) is 11.5. The lowest BCUT2D eigenvalue weighted by Gasteiger charge is -2.05. The standard InChI is InChI=1S/C7H3F4N3S/c8-5-3-4(15-7(9,10)11)1-2-6(5)13-14-12/h1-3H. The third-order valence-electron chi connectivity index (χ3n) is 1.31. The molecule has 0 heterocycles. The van der Waals surface area contributed by atoms with Crippen LogP contribution in [0.5, 0.6) is 0 Å². The zero-order valence-corrected chi connectivity index (χ0v) is 7.81. The fraction of sp³-hybridized carbons (Fsp3) is 0.143. The van der Waals surface area contributed by atoms with Crippen LogP contribution in [-0.2, 0) is 0 Å². The van der Waals surface area contributed by atoms with Crippen LogP contribution in [0.15, 0.2) is 28.2 Å². The Morgan fingerprint density at radius 1 is 1.33 bits per heavy atom. The van der Waals surface area contributed by atoms with Gasteiger partial charge in [0.25, 0.3) is 0 Å². The molecule has 0 saturated heterocycles. The van der Waals surface area contributed by atoms with Gasteiger partial charge in [-0.1, -0.05) is 5.11 Å². The Morgan fingerprint density at radius 2 is 2.00 bits per heavy atom. The number of hydrogen-bond acceptors (Lipinski definition) is 2. The molecule has 0 aliphatic rings. The summed E-state index contributed by atoms with van der Waals surface area (Å²) in [7, 11) is 0. The molecule has 0 atom stereocenters. The second-order valence-corrected chi connectivity index (χ2v) is 3.49. The number of nitrogens with zero attached hydrogens (tertiary/aromatic N) is 3. The molecule has 0 amide bonds. The molecule has 0 radical (unpaired) electrons. The molecule has 0 spiro atoms. The van der Waals surface area contributed by atoms with E-state index < -0.39 is 23.1 Å². The van der Waals surface area contributed by atoms with E-state index in [1.54, 1.807) is 0 Å². The van der Waals surface area contributed by atoms with Crippen molar-refractivity contribution in [3.05, 3.63) is 34.5 Å². The minimum atomic E-state index is -4.47. The van der Waals surface area contributed by atoms with Gasteiger partial charge in [-0.15, -0.1) is 0 Å². The van der Waals surface area contributed by atoms with Crippen LogP contribution in [0.4, 0.5) is 23.2 Å². The predicted molar refractivity (Wildman–Crippen MR) is 47.1 cm³/mol. The number of hydrogen-bond donors (Lipinski definition) is 0. The van der Waals surface area contributed by atoms with Crippen LogP contribution in [0.3, 0.4) is 0 Å². The smallest absolute Gasteiger partial charge is 0.206 e. The highest BCUT2D eigenvalue weighted by Crippen LogP contribution is 2.38. The van der Waals surface area contributed by atoms with Crippen LogP contribution in [0.1, 0.15) is 0 Å². The Balaban J connectivity index is 2.96. The van der Waals surface area contributed by atoms with E-state index in [-0.39, 0.29) is 10.6 Å². The molecule has 3 nitrogen and oxygen atoms in total. The van der Waals surface area contributed by atoms with Crippen LogP contribution in [0.25, 0.3) is 10.4 Å². The van der Waals surface area contributed by atoms with Crippen molar-refractivity contribution in [2.24, 2.45) is 5.11 Å². The van der Waals surface area contributed by atoms with Crippen molar-refractivity contribution in [3.8, 4) is 0 Å². The summed E-state index contributed by atoms with van der Waals surface area (Å²) in [6.45, 7) is 0. The number of alkyl halides is 3. The average molecular weight is 237 g/mol. The molecule has 1 rings (SSSR count). The van der Waals surface area contributed by atoms with E-state index in [1.807, 2.05) is 0 Å². The first-order valence-corrected chi connectivity index (χ1v) is 4.34. The summed E-state index contributed by atoms with van der Waals surface area (Å²) in [6.07, 6.45) is 0. The first kappa shape index (κ1) is 11.7. The van der Waals surface area contributed by atoms with Crippen LogP contribution < -0.4 is 0 Å². The average Bonchev–Trinajstić information content (AvgIpc) is 2.07. The molecule has 0 saturated carbocycles. The first-order valence-electron chi connectivity index (χ1n) is 3.53. The molecule has 8 heteroatoms. The molecule has 15 heavy (non-hydrogen) atoms. The predicted octanol–water partition coefficient (Wildman–Crippen LogP) is 4.38. The Kier molecular flexibility index (Phi) is 3.43. The highest BCUT2D eigenvalue weighted by atomic mass is 32.2. The van der Waals surface area contributed by atoms with Gasteiger partial charge in [-0.3, -0.25) is 0 Å². The van der Waals surface area contributed by atoms with Crippen molar-refractivity contribution in [2.45, 2.75) is 10.4 Å². The fourth-order valence-electron chi connectivity index (χ4n) is 0.814. The maximum atomic E-state index is 13.0. The van der Waals surface area contributed by atoms with Crippen LogP contribution in [0.2, 0.25) is 0 Å². The summed E-state index contributed by atoms with van der Waals surface area (Å²) >= 11 is -0.433. The van der Waals surface area contributed by atoms with Crippen molar-refractivity contribution in [3.63, 3.8) is 0 Å². The highest BCUT2D eigenvalue weighted by molar-refractivity contribution is 8.00. The SMILES string of the molecule is [N-]=[N+]=Nc1ccc(SC(F)(F)F)cc1F. The van der Waals surface area contributed by atoms with E-state index >= 15 is 0 Å². The molecule has 0 fully saturated rings. The molecule has 0 bridgehead atoms. The van der Waals surface area contributed by atoms with Crippen molar-refractivity contribution in [2.75, 3.05) is 0 Å². The number of rotatable bonds is 2. The van der Waals surface area contributed by atoms with E-state index in [1.165, 1.54) is 0 Å².